The first kappa shape index (κ1) is 14.0. The lowest BCUT2D eigenvalue weighted by molar-refractivity contribution is -0.275. The molecular formula is C9H5F4IN2O. The van der Waals surface area contributed by atoms with Crippen LogP contribution >= 0.6 is 22.6 Å². The van der Waals surface area contributed by atoms with Crippen LogP contribution in [-0.4, -0.2) is 11.3 Å². The van der Waals surface area contributed by atoms with Gasteiger partial charge in [-0.25, -0.2) is 9.37 Å². The van der Waals surface area contributed by atoms with Crippen molar-refractivity contribution >= 4 is 22.6 Å². The van der Waals surface area contributed by atoms with Gasteiger partial charge in [-0.3, -0.25) is 0 Å². The number of halogens is 5. The van der Waals surface area contributed by atoms with E-state index in [1.807, 2.05) is 0 Å². The fourth-order valence-electron chi connectivity index (χ4n) is 1.14. The number of rotatable bonds is 3. The molecule has 0 aliphatic rings. The Bertz CT molecular complexity index is 456. The van der Waals surface area contributed by atoms with Crippen LogP contribution in [0, 0.1) is 15.0 Å². The highest BCUT2D eigenvalue weighted by molar-refractivity contribution is 14.1. The van der Waals surface area contributed by atoms with Crippen molar-refractivity contribution in [2.24, 2.45) is 0 Å². The molecule has 0 N–H and O–H groups in total. The average Bonchev–Trinajstić information content (AvgIpc) is 2.20. The van der Waals surface area contributed by atoms with Gasteiger partial charge in [0, 0.05) is 5.56 Å². The van der Waals surface area contributed by atoms with Gasteiger partial charge in [-0.2, -0.15) is 5.26 Å². The van der Waals surface area contributed by atoms with E-state index in [-0.39, 0.29) is 17.7 Å². The van der Waals surface area contributed by atoms with Crippen molar-refractivity contribution in [1.29, 1.82) is 5.26 Å². The first-order chi connectivity index (χ1) is 7.87. The van der Waals surface area contributed by atoms with E-state index in [1.54, 1.807) is 28.7 Å². The largest absolute Gasteiger partial charge is 0.573 e. The Morgan fingerprint density at radius 3 is 2.59 bits per heavy atom. The fourth-order valence-corrected chi connectivity index (χ4v) is 1.81. The summed E-state index contributed by atoms with van der Waals surface area (Å²) < 4.78 is 53.0. The first-order valence-corrected chi connectivity index (χ1v) is 5.32. The van der Waals surface area contributed by atoms with Crippen molar-refractivity contribution < 1.29 is 22.3 Å². The molecule has 0 spiro atoms. The second kappa shape index (κ2) is 5.48. The molecule has 0 aromatic carbocycles. The molecule has 1 aromatic rings. The van der Waals surface area contributed by atoms with E-state index in [0.717, 1.165) is 6.07 Å². The molecule has 0 aliphatic carbocycles. The van der Waals surface area contributed by atoms with Crippen LogP contribution in [0.4, 0.5) is 17.6 Å². The molecule has 1 rings (SSSR count). The quantitative estimate of drug-likeness (QED) is 0.473. The number of aromatic nitrogens is 1. The first-order valence-electron chi connectivity index (χ1n) is 4.24. The number of nitrogens with zero attached hydrogens (tertiary/aromatic N) is 2. The van der Waals surface area contributed by atoms with Gasteiger partial charge in [0.15, 0.2) is 5.75 Å². The predicted octanol–water partition coefficient (Wildman–Crippen LogP) is 3.12. The Kier molecular flexibility index (Phi) is 4.50. The Labute approximate surface area is 108 Å². The summed E-state index contributed by atoms with van der Waals surface area (Å²) in [4.78, 5) is 3.73. The van der Waals surface area contributed by atoms with Crippen LogP contribution in [0.15, 0.2) is 6.07 Å². The third-order valence-electron chi connectivity index (χ3n) is 1.70. The molecule has 92 valence electrons. The van der Waals surface area contributed by atoms with Gasteiger partial charge in [-0.1, -0.05) is 0 Å². The zero-order chi connectivity index (χ0) is 13.1. The van der Waals surface area contributed by atoms with Crippen LogP contribution in [0.5, 0.6) is 5.75 Å². The molecule has 0 radical (unpaired) electrons. The molecule has 0 fully saturated rings. The molecule has 0 saturated heterocycles. The Morgan fingerprint density at radius 2 is 2.12 bits per heavy atom. The molecule has 1 heterocycles. The van der Waals surface area contributed by atoms with Crippen molar-refractivity contribution in [1.82, 2.24) is 4.98 Å². The lowest BCUT2D eigenvalue weighted by atomic mass is 10.2. The van der Waals surface area contributed by atoms with E-state index >= 15 is 0 Å². The highest BCUT2D eigenvalue weighted by Crippen LogP contribution is 2.31. The van der Waals surface area contributed by atoms with Crippen molar-refractivity contribution in [3.8, 4) is 11.8 Å². The van der Waals surface area contributed by atoms with E-state index in [9.17, 15) is 17.6 Å². The zero-order valence-corrected chi connectivity index (χ0v) is 10.3. The minimum absolute atomic E-state index is 0.218. The summed E-state index contributed by atoms with van der Waals surface area (Å²) in [5, 5.41) is 8.47. The monoisotopic (exact) mass is 360 g/mol. The molecule has 3 nitrogen and oxygen atoms in total. The summed E-state index contributed by atoms with van der Waals surface area (Å²) in [6.45, 7) is -1.12. The summed E-state index contributed by atoms with van der Waals surface area (Å²) >= 11 is 1.72. The van der Waals surface area contributed by atoms with E-state index in [1.165, 1.54) is 0 Å². The van der Waals surface area contributed by atoms with Gasteiger partial charge < -0.3 is 4.74 Å². The van der Waals surface area contributed by atoms with Gasteiger partial charge in [0.05, 0.1) is 18.2 Å². The normalized spacial score (nSPS) is 11.1. The number of ether oxygens (including phenoxy) is 1. The van der Waals surface area contributed by atoms with Gasteiger partial charge in [-0.05, 0) is 28.7 Å². The predicted molar refractivity (Wildman–Crippen MR) is 57.8 cm³/mol. The number of hydrogen-bond donors (Lipinski definition) is 0. The molecule has 0 aliphatic heterocycles. The number of alkyl halides is 4. The van der Waals surface area contributed by atoms with Gasteiger partial charge in [0.2, 0.25) is 0 Å². The van der Waals surface area contributed by atoms with Crippen molar-refractivity contribution in [2.75, 3.05) is 0 Å². The molecule has 1 aromatic heterocycles. The van der Waals surface area contributed by atoms with Crippen LogP contribution in [-0.2, 0) is 13.1 Å². The topological polar surface area (TPSA) is 45.9 Å². The molecular weight excluding hydrogens is 355 g/mol. The van der Waals surface area contributed by atoms with Crippen molar-refractivity contribution in [3.63, 3.8) is 0 Å². The highest BCUT2D eigenvalue weighted by atomic mass is 127. The van der Waals surface area contributed by atoms with Crippen LogP contribution in [0.25, 0.3) is 0 Å². The maximum Gasteiger partial charge on any atom is 0.573 e. The molecule has 0 bridgehead atoms. The third-order valence-corrected chi connectivity index (χ3v) is 2.25. The summed E-state index contributed by atoms with van der Waals surface area (Å²) in [7, 11) is 0. The van der Waals surface area contributed by atoms with Gasteiger partial charge in [0.1, 0.15) is 10.4 Å². The maximum atomic E-state index is 12.6. The Hall–Kier alpha value is -1.11. The van der Waals surface area contributed by atoms with E-state index in [4.69, 9.17) is 5.26 Å². The van der Waals surface area contributed by atoms with Crippen LogP contribution < -0.4 is 4.74 Å². The molecule has 17 heavy (non-hydrogen) atoms. The SMILES string of the molecule is N#CCc1nc(I)cc(CF)c1OC(F)(F)F. The standard InChI is InChI=1S/C9H5F4IN2O/c10-4-5-3-7(14)16-6(1-2-15)8(5)17-9(11,12)13/h3H,1,4H2. The molecule has 0 saturated carbocycles. The maximum absolute atomic E-state index is 12.6. The second-order valence-electron chi connectivity index (χ2n) is 2.90. The minimum atomic E-state index is -4.94. The van der Waals surface area contributed by atoms with Crippen molar-refractivity contribution in [3.05, 3.63) is 21.0 Å². The smallest absolute Gasteiger partial charge is 0.403 e. The van der Waals surface area contributed by atoms with Crippen LogP contribution in [0.3, 0.4) is 0 Å². The van der Waals surface area contributed by atoms with Crippen molar-refractivity contribution in [2.45, 2.75) is 19.5 Å². The summed E-state index contributed by atoms with van der Waals surface area (Å²) in [6.07, 6.45) is -5.32. The molecule has 0 atom stereocenters. The van der Waals surface area contributed by atoms with E-state index in [2.05, 4.69) is 9.72 Å². The lowest BCUT2D eigenvalue weighted by Crippen LogP contribution is -2.20. The number of nitriles is 1. The van der Waals surface area contributed by atoms with Gasteiger partial charge >= 0.3 is 6.36 Å². The number of hydrogen-bond acceptors (Lipinski definition) is 3. The second-order valence-corrected chi connectivity index (χ2v) is 4.00. The van der Waals surface area contributed by atoms with Gasteiger partial charge in [0.25, 0.3) is 0 Å². The lowest BCUT2D eigenvalue weighted by Gasteiger charge is -2.14. The Morgan fingerprint density at radius 1 is 1.47 bits per heavy atom. The summed E-state index contributed by atoms with van der Waals surface area (Å²) in [5.74, 6) is -0.720. The van der Waals surface area contributed by atoms with E-state index in [0.29, 0.717) is 3.70 Å². The summed E-state index contributed by atoms with van der Waals surface area (Å²) in [6, 6.07) is 2.79. The zero-order valence-electron chi connectivity index (χ0n) is 8.18. The third kappa shape index (κ3) is 3.99. The molecule has 0 unspecified atom stereocenters. The van der Waals surface area contributed by atoms with Gasteiger partial charge in [-0.15, -0.1) is 13.2 Å². The fraction of sp³-hybridized carbons (Fsp3) is 0.333. The molecule has 0 amide bonds. The summed E-state index contributed by atoms with van der Waals surface area (Å²) in [5.41, 5.74) is -0.489. The number of pyridine rings is 1. The average molecular weight is 360 g/mol. The Balaban J connectivity index is 3.27. The minimum Gasteiger partial charge on any atom is -0.403 e. The molecule has 8 heteroatoms. The highest BCUT2D eigenvalue weighted by Gasteiger charge is 2.33. The van der Waals surface area contributed by atoms with Crippen LogP contribution in [0.1, 0.15) is 11.3 Å². The van der Waals surface area contributed by atoms with E-state index < -0.39 is 18.8 Å². The van der Waals surface area contributed by atoms with Crippen LogP contribution in [0.2, 0.25) is 0 Å².